The van der Waals surface area contributed by atoms with E-state index in [2.05, 4.69) is 39.1 Å². The number of para-hydroxylation sites is 1. The predicted molar refractivity (Wildman–Crippen MR) is 163 cm³/mol. The average Bonchev–Trinajstić information content (AvgIpc) is 3.27. The first-order valence-electron chi connectivity index (χ1n) is 13.1. The summed E-state index contributed by atoms with van der Waals surface area (Å²) < 4.78 is 2.95. The lowest BCUT2D eigenvalue weighted by Gasteiger charge is -2.20. The van der Waals surface area contributed by atoms with Gasteiger partial charge < -0.3 is 21.4 Å². The molecule has 42 heavy (non-hydrogen) atoms. The van der Waals surface area contributed by atoms with Gasteiger partial charge in [0, 0.05) is 37.0 Å². The number of aryl methyl sites for hydroxylation is 1. The minimum absolute atomic E-state index is 0.0595. The van der Waals surface area contributed by atoms with Crippen molar-refractivity contribution in [3.05, 3.63) is 123 Å². The van der Waals surface area contributed by atoms with Crippen LogP contribution in [0.5, 0.6) is 0 Å². The summed E-state index contributed by atoms with van der Waals surface area (Å²) in [5.74, 6) is 6.31. The molecule has 5 N–H and O–H groups in total. The number of carbonyl (C=O) groups excluding carboxylic acids is 1. The van der Waals surface area contributed by atoms with Crippen LogP contribution in [0.1, 0.15) is 40.3 Å². The second kappa shape index (κ2) is 11.7. The summed E-state index contributed by atoms with van der Waals surface area (Å²) in [6, 6.07) is 16.6. The zero-order valence-corrected chi connectivity index (χ0v) is 23.0. The van der Waals surface area contributed by atoms with Gasteiger partial charge in [0.25, 0.3) is 11.5 Å². The number of rotatable bonds is 7. The number of fused-ring (bicyclic) bond motifs is 1. The highest BCUT2D eigenvalue weighted by Crippen LogP contribution is 2.24. The van der Waals surface area contributed by atoms with E-state index in [9.17, 15) is 14.4 Å². The van der Waals surface area contributed by atoms with E-state index in [0.717, 1.165) is 0 Å². The van der Waals surface area contributed by atoms with Crippen molar-refractivity contribution in [2.75, 3.05) is 17.6 Å². The molecule has 0 bridgehead atoms. The number of hydrogen-bond acceptors (Lipinski definition) is 7. The maximum Gasteiger partial charge on any atom is 0.267 e. The minimum Gasteiger partial charge on any atom is -0.381 e. The summed E-state index contributed by atoms with van der Waals surface area (Å²) in [5, 5.41) is 10.5. The van der Waals surface area contributed by atoms with Gasteiger partial charge in [-0.15, -0.1) is 6.58 Å². The van der Waals surface area contributed by atoms with Crippen molar-refractivity contribution in [1.82, 2.24) is 29.6 Å². The Morgan fingerprint density at radius 2 is 1.93 bits per heavy atom. The van der Waals surface area contributed by atoms with Gasteiger partial charge in [-0.1, -0.05) is 42.2 Å². The maximum absolute atomic E-state index is 14.2. The van der Waals surface area contributed by atoms with Crippen LogP contribution in [-0.4, -0.2) is 36.8 Å². The van der Waals surface area contributed by atoms with Gasteiger partial charge in [0.2, 0.25) is 5.56 Å². The van der Waals surface area contributed by atoms with Crippen LogP contribution in [0.15, 0.2) is 89.1 Å². The number of H-pyrrole nitrogens is 1. The quantitative estimate of drug-likeness (QED) is 0.176. The van der Waals surface area contributed by atoms with E-state index in [4.69, 9.17) is 10.7 Å². The van der Waals surface area contributed by atoms with Crippen molar-refractivity contribution < 1.29 is 4.79 Å². The van der Waals surface area contributed by atoms with Crippen LogP contribution >= 0.6 is 0 Å². The summed E-state index contributed by atoms with van der Waals surface area (Å²) in [6.45, 7) is 5.84. The summed E-state index contributed by atoms with van der Waals surface area (Å²) in [7, 11) is 1.68. The van der Waals surface area contributed by atoms with Crippen molar-refractivity contribution in [3.8, 4) is 17.5 Å². The fraction of sp³-hybridized carbons (Fsp3) is 0.129. The van der Waals surface area contributed by atoms with Crippen LogP contribution < -0.4 is 27.5 Å². The lowest BCUT2D eigenvalue weighted by atomic mass is 10.1. The standard InChI is InChI=1S/C31H28N8O3/c1-4-16-34-29-26(27(32)37-38(29)3)30(41)35-19(2)28-36-23-12-8-9-21(14-13-20-15-17-33-24(40)18-20)25(23)31(42)39(28)22-10-6-5-7-11-22/h4-12,15,17-19,34H,1,16H2,2-3H3,(H2,32,37)(H,33,40)(H,35,41). The highest BCUT2D eigenvalue weighted by molar-refractivity contribution is 6.03. The van der Waals surface area contributed by atoms with Crippen molar-refractivity contribution in [2.45, 2.75) is 13.0 Å². The normalized spacial score (nSPS) is 11.4. The van der Waals surface area contributed by atoms with E-state index >= 15 is 0 Å². The Labute approximate surface area is 240 Å². The second-order valence-electron chi connectivity index (χ2n) is 9.43. The van der Waals surface area contributed by atoms with Crippen LogP contribution in [0.3, 0.4) is 0 Å². The Morgan fingerprint density at radius 3 is 2.67 bits per heavy atom. The number of nitrogens with two attached hydrogens (primary N) is 1. The lowest BCUT2D eigenvalue weighted by molar-refractivity contribution is 0.0939. The molecule has 2 aromatic carbocycles. The molecule has 0 aliphatic rings. The Hall–Kier alpha value is -5.89. The zero-order valence-electron chi connectivity index (χ0n) is 23.0. The summed E-state index contributed by atoms with van der Waals surface area (Å²) in [6.07, 6.45) is 3.17. The minimum atomic E-state index is -0.715. The summed E-state index contributed by atoms with van der Waals surface area (Å²) in [4.78, 5) is 46.7. The molecule has 0 radical (unpaired) electrons. The molecule has 0 aliphatic heterocycles. The number of aromatic amines is 1. The third-order valence-corrected chi connectivity index (χ3v) is 6.50. The molecule has 0 aliphatic carbocycles. The molecule has 1 amide bonds. The number of carbonyl (C=O) groups is 1. The van der Waals surface area contributed by atoms with Gasteiger partial charge in [-0.25, -0.2) is 4.98 Å². The Morgan fingerprint density at radius 1 is 1.14 bits per heavy atom. The molecule has 3 aromatic heterocycles. The van der Waals surface area contributed by atoms with Crippen molar-refractivity contribution in [2.24, 2.45) is 7.05 Å². The second-order valence-corrected chi connectivity index (χ2v) is 9.43. The highest BCUT2D eigenvalue weighted by atomic mass is 16.2. The first kappa shape index (κ1) is 27.7. The number of nitrogens with one attached hydrogen (secondary N) is 3. The van der Waals surface area contributed by atoms with E-state index in [-0.39, 0.29) is 22.5 Å². The molecular weight excluding hydrogens is 532 g/mol. The van der Waals surface area contributed by atoms with Gasteiger partial charge in [-0.05, 0) is 37.3 Å². The Kier molecular flexibility index (Phi) is 7.70. The molecule has 5 rings (SSSR count). The molecule has 1 unspecified atom stereocenters. The van der Waals surface area contributed by atoms with Gasteiger partial charge in [-0.2, -0.15) is 5.10 Å². The molecule has 0 saturated heterocycles. The SMILES string of the molecule is C=CCNc1c(C(=O)NC(C)c2nc3cccc(C#Cc4cc[nH]c(=O)c4)c3c(=O)n2-c2ccccc2)c(N)nn1C. The molecule has 3 heterocycles. The van der Waals surface area contributed by atoms with Crippen molar-refractivity contribution >= 4 is 28.4 Å². The molecule has 0 saturated carbocycles. The van der Waals surface area contributed by atoms with E-state index in [1.807, 2.05) is 18.2 Å². The number of aromatic nitrogens is 5. The van der Waals surface area contributed by atoms with Crippen LogP contribution in [0.2, 0.25) is 0 Å². The fourth-order valence-corrected chi connectivity index (χ4v) is 4.60. The van der Waals surface area contributed by atoms with Crippen molar-refractivity contribution in [1.29, 1.82) is 0 Å². The van der Waals surface area contributed by atoms with Crippen LogP contribution in [0, 0.1) is 11.8 Å². The van der Waals surface area contributed by atoms with E-state index in [1.165, 1.54) is 21.5 Å². The first-order chi connectivity index (χ1) is 20.3. The first-order valence-corrected chi connectivity index (χ1v) is 13.1. The Bertz CT molecular complexity index is 1990. The third kappa shape index (κ3) is 5.41. The van der Waals surface area contributed by atoms with Gasteiger partial charge in [0.05, 0.1) is 22.6 Å². The summed E-state index contributed by atoms with van der Waals surface area (Å²) in [5.41, 5.74) is 7.58. The fourth-order valence-electron chi connectivity index (χ4n) is 4.60. The molecule has 210 valence electrons. The number of nitrogens with zero attached hydrogens (tertiary/aromatic N) is 4. The summed E-state index contributed by atoms with van der Waals surface area (Å²) >= 11 is 0. The number of anilines is 2. The molecule has 11 heteroatoms. The smallest absolute Gasteiger partial charge is 0.267 e. The number of amides is 1. The molecule has 0 fully saturated rings. The molecule has 11 nitrogen and oxygen atoms in total. The molecule has 0 spiro atoms. The maximum atomic E-state index is 14.2. The lowest BCUT2D eigenvalue weighted by Crippen LogP contribution is -2.34. The Balaban J connectivity index is 1.62. The van der Waals surface area contributed by atoms with Crippen molar-refractivity contribution in [3.63, 3.8) is 0 Å². The molecule has 1 atom stereocenters. The van der Waals surface area contributed by atoms with E-state index in [1.54, 1.807) is 56.4 Å². The molecule has 5 aromatic rings. The van der Waals surface area contributed by atoms with Gasteiger partial charge in [0.15, 0.2) is 5.82 Å². The molecular formula is C31H28N8O3. The van der Waals surface area contributed by atoms with Crippen LogP contribution in [0.25, 0.3) is 16.6 Å². The van der Waals surface area contributed by atoms with Gasteiger partial charge in [-0.3, -0.25) is 23.6 Å². The van der Waals surface area contributed by atoms with Crippen LogP contribution in [0.4, 0.5) is 11.6 Å². The average molecular weight is 561 g/mol. The van der Waals surface area contributed by atoms with E-state index < -0.39 is 11.9 Å². The largest absolute Gasteiger partial charge is 0.381 e. The van der Waals surface area contributed by atoms with Gasteiger partial charge >= 0.3 is 0 Å². The number of hydrogen-bond donors (Lipinski definition) is 4. The van der Waals surface area contributed by atoms with Gasteiger partial charge in [0.1, 0.15) is 17.2 Å². The van der Waals surface area contributed by atoms with Crippen LogP contribution in [-0.2, 0) is 7.05 Å². The number of nitrogen functional groups attached to an aromatic ring is 1. The topological polar surface area (TPSA) is 153 Å². The highest BCUT2D eigenvalue weighted by Gasteiger charge is 2.25. The third-order valence-electron chi connectivity index (χ3n) is 6.50. The number of pyridine rings is 1. The predicted octanol–water partition coefficient (Wildman–Crippen LogP) is 2.88. The monoisotopic (exact) mass is 560 g/mol. The zero-order chi connectivity index (χ0) is 29.8. The number of benzene rings is 2. The van der Waals surface area contributed by atoms with E-state index in [0.29, 0.717) is 45.9 Å².